The lowest BCUT2D eigenvalue weighted by Gasteiger charge is -2.32. The summed E-state index contributed by atoms with van der Waals surface area (Å²) in [6.45, 7) is 2.72. The summed E-state index contributed by atoms with van der Waals surface area (Å²) in [4.78, 5) is 30.9. The first-order valence-electron chi connectivity index (χ1n) is 13.1. The monoisotopic (exact) mass is 592 g/mol. The fourth-order valence-corrected chi connectivity index (χ4v) is 7.12. The van der Waals surface area contributed by atoms with Gasteiger partial charge in [-0.15, -0.1) is 22.9 Å². The Morgan fingerprint density at radius 3 is 2.65 bits per heavy atom. The Labute approximate surface area is 244 Å². The van der Waals surface area contributed by atoms with Crippen LogP contribution in [-0.2, 0) is 19.6 Å². The molecule has 5 heterocycles. The van der Waals surface area contributed by atoms with E-state index in [-0.39, 0.29) is 18.0 Å². The van der Waals surface area contributed by atoms with E-state index >= 15 is 0 Å². The largest absolute Gasteiger partial charge is 0.345 e. The molecule has 8 nitrogen and oxygen atoms in total. The molecule has 0 unspecified atom stereocenters. The van der Waals surface area contributed by atoms with E-state index in [0.29, 0.717) is 18.1 Å². The van der Waals surface area contributed by atoms with E-state index in [2.05, 4.69) is 20.9 Å². The Morgan fingerprint density at radius 2 is 1.88 bits per heavy atom. The highest BCUT2D eigenvalue weighted by molar-refractivity contribution is 7.19. The Morgan fingerprint density at radius 1 is 1.07 bits per heavy atom. The van der Waals surface area contributed by atoms with Crippen molar-refractivity contribution in [3.8, 4) is 17.2 Å². The lowest BCUT2D eigenvalue weighted by molar-refractivity contribution is 0.247. The van der Waals surface area contributed by atoms with E-state index in [0.717, 1.165) is 63.1 Å². The third kappa shape index (κ3) is 4.86. The van der Waals surface area contributed by atoms with E-state index in [4.69, 9.17) is 23.2 Å². The molecule has 0 atom stereocenters. The Bertz CT molecular complexity index is 1890. The average Bonchev–Trinajstić information content (AvgIpc) is 3.56. The maximum absolute atomic E-state index is 12.9. The normalized spacial score (nSPS) is 15.0. The molecule has 5 aromatic rings. The minimum atomic E-state index is -0.433. The smallest absolute Gasteiger partial charge is 0.331 e. The van der Waals surface area contributed by atoms with Crippen molar-refractivity contribution >= 4 is 55.7 Å². The van der Waals surface area contributed by atoms with Crippen LogP contribution in [0.5, 0.6) is 0 Å². The van der Waals surface area contributed by atoms with Crippen LogP contribution < -0.4 is 16.6 Å². The summed E-state index contributed by atoms with van der Waals surface area (Å²) in [6.07, 6.45) is 6.88. The van der Waals surface area contributed by atoms with Crippen molar-refractivity contribution in [1.29, 1.82) is 5.26 Å². The number of fused-ring (bicyclic) bond motifs is 2. The van der Waals surface area contributed by atoms with E-state index in [1.807, 2.05) is 36.5 Å². The van der Waals surface area contributed by atoms with Crippen molar-refractivity contribution in [3.63, 3.8) is 0 Å². The van der Waals surface area contributed by atoms with E-state index in [1.165, 1.54) is 32.7 Å². The molecule has 1 aliphatic heterocycles. The quantitative estimate of drug-likeness (QED) is 0.266. The lowest BCUT2D eigenvalue weighted by atomic mass is 9.80. The highest BCUT2D eigenvalue weighted by Crippen LogP contribution is 2.40. The van der Waals surface area contributed by atoms with Gasteiger partial charge in [0.05, 0.1) is 33.8 Å². The molecule has 6 rings (SSSR count). The number of hydrogen-bond acceptors (Lipinski definition) is 6. The van der Waals surface area contributed by atoms with Crippen molar-refractivity contribution < 1.29 is 0 Å². The topological polar surface area (TPSA) is 97.6 Å². The van der Waals surface area contributed by atoms with Gasteiger partial charge in [-0.25, -0.2) is 4.79 Å². The van der Waals surface area contributed by atoms with Gasteiger partial charge in [-0.2, -0.15) is 5.26 Å². The molecule has 1 aromatic carbocycles. The summed E-state index contributed by atoms with van der Waals surface area (Å²) in [6, 6.07) is 13.8. The first-order chi connectivity index (χ1) is 19.4. The molecule has 1 saturated heterocycles. The zero-order valence-electron chi connectivity index (χ0n) is 21.6. The van der Waals surface area contributed by atoms with Gasteiger partial charge in [-0.3, -0.25) is 18.9 Å². The first kappa shape index (κ1) is 26.8. The van der Waals surface area contributed by atoms with Gasteiger partial charge in [0, 0.05) is 70.0 Å². The second-order valence-corrected chi connectivity index (χ2v) is 12.1. The number of thiophene rings is 1. The molecule has 0 amide bonds. The average molecular weight is 594 g/mol. The second kappa shape index (κ2) is 10.9. The molecule has 4 aromatic heterocycles. The maximum atomic E-state index is 12.9. The minimum absolute atomic E-state index is 0.140. The fraction of sp³-hybridized carbons (Fsp3) is 0.310. The number of nitrogens with one attached hydrogen (secondary N) is 1. The minimum Gasteiger partial charge on any atom is -0.345 e. The van der Waals surface area contributed by atoms with Crippen molar-refractivity contribution in [2.24, 2.45) is 5.41 Å². The first-order valence-corrected chi connectivity index (χ1v) is 14.8. The Balaban J connectivity index is 1.46. The Hall–Kier alpha value is -3.42. The van der Waals surface area contributed by atoms with Crippen LogP contribution in [0.4, 0.5) is 0 Å². The zero-order chi connectivity index (χ0) is 27.9. The summed E-state index contributed by atoms with van der Waals surface area (Å²) in [5, 5.41) is 15.1. The van der Waals surface area contributed by atoms with Gasteiger partial charge in [0.2, 0.25) is 0 Å². The van der Waals surface area contributed by atoms with Crippen molar-refractivity contribution in [3.05, 3.63) is 85.7 Å². The van der Waals surface area contributed by atoms with Crippen LogP contribution in [-0.4, -0.2) is 37.7 Å². The van der Waals surface area contributed by atoms with Gasteiger partial charge in [0.15, 0.2) is 0 Å². The highest BCUT2D eigenvalue weighted by Gasteiger charge is 2.33. The molecule has 40 heavy (non-hydrogen) atoms. The standard InChI is InChI=1S/C29H26Cl2N6O2S/c30-6-12-35-11-3-25(38)37(28(35)39)16-21-15-24-27(40-21)22(1-7-34-24)23-14-20(31)13-19-2-10-36(26(19)23)18-29(17-32)4-8-33-9-5-29/h1-3,7,10-11,13-15,33H,4-6,8-9,12,16,18H2. The van der Waals surface area contributed by atoms with Gasteiger partial charge in [-0.05, 0) is 56.3 Å². The number of benzene rings is 1. The molecule has 11 heteroatoms. The van der Waals surface area contributed by atoms with Crippen LogP contribution >= 0.6 is 34.5 Å². The number of nitrogens with zero attached hydrogens (tertiary/aromatic N) is 5. The number of hydrogen-bond donors (Lipinski definition) is 1. The molecule has 0 spiro atoms. The summed E-state index contributed by atoms with van der Waals surface area (Å²) in [7, 11) is 0. The summed E-state index contributed by atoms with van der Waals surface area (Å²) >= 11 is 13.9. The van der Waals surface area contributed by atoms with Gasteiger partial charge in [-0.1, -0.05) is 11.6 Å². The van der Waals surface area contributed by atoms with Crippen LogP contribution in [0.15, 0.2) is 64.6 Å². The number of pyridine rings is 1. The molecule has 1 fully saturated rings. The van der Waals surface area contributed by atoms with Gasteiger partial charge < -0.3 is 9.88 Å². The second-order valence-electron chi connectivity index (χ2n) is 10.2. The SMILES string of the molecule is N#CC1(Cn2ccc3cc(Cl)cc(-c4ccnc5cc(Cn6c(=O)ccn(CCCl)c6=O)sc45)c32)CCNCC1. The molecule has 204 valence electrons. The number of rotatable bonds is 7. The predicted octanol–water partition coefficient (Wildman–Crippen LogP) is 5.08. The maximum Gasteiger partial charge on any atom is 0.331 e. The highest BCUT2D eigenvalue weighted by atomic mass is 35.5. The van der Waals surface area contributed by atoms with Crippen LogP contribution in [0.2, 0.25) is 5.02 Å². The summed E-state index contributed by atoms with van der Waals surface area (Å²) < 4.78 is 5.79. The van der Waals surface area contributed by atoms with Crippen LogP contribution in [0.1, 0.15) is 17.7 Å². The van der Waals surface area contributed by atoms with Gasteiger partial charge >= 0.3 is 5.69 Å². The van der Waals surface area contributed by atoms with Gasteiger partial charge in [0.25, 0.3) is 5.56 Å². The molecule has 1 aliphatic rings. The van der Waals surface area contributed by atoms with E-state index in [1.54, 1.807) is 6.20 Å². The third-order valence-corrected chi connectivity index (χ3v) is 9.16. The lowest BCUT2D eigenvalue weighted by Crippen LogP contribution is -2.39. The molecule has 0 radical (unpaired) electrons. The number of nitriles is 1. The van der Waals surface area contributed by atoms with E-state index < -0.39 is 11.1 Å². The van der Waals surface area contributed by atoms with Crippen LogP contribution in [0.25, 0.3) is 32.2 Å². The van der Waals surface area contributed by atoms with E-state index in [9.17, 15) is 14.9 Å². The van der Waals surface area contributed by atoms with Gasteiger partial charge in [0.1, 0.15) is 0 Å². The number of halogens is 2. The van der Waals surface area contributed by atoms with Crippen LogP contribution in [0.3, 0.4) is 0 Å². The molecular weight excluding hydrogens is 567 g/mol. The van der Waals surface area contributed by atoms with Crippen molar-refractivity contribution in [1.82, 2.24) is 24.0 Å². The van der Waals surface area contributed by atoms with Crippen LogP contribution in [0, 0.1) is 16.7 Å². The van der Waals surface area contributed by atoms with Crippen molar-refractivity contribution in [2.75, 3.05) is 19.0 Å². The third-order valence-electron chi connectivity index (χ3n) is 7.63. The Kier molecular flexibility index (Phi) is 7.27. The molecule has 0 bridgehead atoms. The molecule has 1 N–H and O–H groups in total. The molecule has 0 saturated carbocycles. The van der Waals surface area contributed by atoms with Crippen molar-refractivity contribution in [2.45, 2.75) is 32.5 Å². The molecule has 0 aliphatic carbocycles. The summed E-state index contributed by atoms with van der Waals surface area (Å²) in [5.41, 5.74) is 2.53. The number of piperidine rings is 1. The summed E-state index contributed by atoms with van der Waals surface area (Å²) in [5.74, 6) is 0.274. The predicted molar refractivity (Wildman–Crippen MR) is 160 cm³/mol. The number of alkyl halides is 1. The fourth-order valence-electron chi connectivity index (χ4n) is 5.58. The number of aromatic nitrogens is 4. The zero-order valence-corrected chi connectivity index (χ0v) is 23.9. The molecular formula is C29H26Cl2N6O2S. The number of aryl methyl sites for hydroxylation is 1.